The Morgan fingerprint density at radius 3 is 1.79 bits per heavy atom. The average Bonchev–Trinajstić information content (AvgIpc) is 3.89. The fourth-order valence-corrected chi connectivity index (χ4v) is 11.3. The molecule has 1 nitrogen and oxygen atoms in total. The van der Waals surface area contributed by atoms with Gasteiger partial charge in [-0.15, -0.1) is 0 Å². The van der Waals surface area contributed by atoms with Crippen LogP contribution in [-0.2, 0) is 10.8 Å². The molecule has 1 aliphatic heterocycles. The Balaban J connectivity index is 1.18. The maximum Gasteiger partial charge on any atom is 0.0760 e. The molecule has 8 aromatic carbocycles. The second kappa shape index (κ2) is 12.1. The Morgan fingerprint density at radius 1 is 0.483 bits per heavy atom. The molecule has 58 heavy (non-hydrogen) atoms. The zero-order valence-corrected chi connectivity index (χ0v) is 32.3. The van der Waals surface area contributed by atoms with Crippen LogP contribution >= 0.6 is 0 Å². The SMILES string of the molecule is C=C(C1=C(/C=C\C)c2ccccc2C12c1ccccc1-n1c3ccccc3c3cccc2c31)c1ccc2c(c1)C(c1ccccc1)(c1ccccc1)c1ccccc1-2. The average molecular weight is 738 g/mol. The van der Waals surface area contributed by atoms with Crippen LogP contribution in [0.2, 0.25) is 0 Å². The van der Waals surface area contributed by atoms with E-state index in [1.54, 1.807) is 0 Å². The third kappa shape index (κ3) is 4.00. The second-order valence-electron chi connectivity index (χ2n) is 15.9. The summed E-state index contributed by atoms with van der Waals surface area (Å²) in [5, 5.41) is 2.54. The Kier molecular flexibility index (Phi) is 6.90. The summed E-state index contributed by atoms with van der Waals surface area (Å²) in [7, 11) is 0. The number of aromatic nitrogens is 1. The molecule has 0 N–H and O–H groups in total. The Hall–Kier alpha value is -7.22. The van der Waals surface area contributed by atoms with E-state index in [1.807, 2.05) is 0 Å². The van der Waals surface area contributed by atoms with Crippen LogP contribution < -0.4 is 0 Å². The summed E-state index contributed by atoms with van der Waals surface area (Å²) in [5.41, 5.74) is 20.0. The maximum atomic E-state index is 5.18. The lowest BCUT2D eigenvalue weighted by atomic mass is 9.62. The van der Waals surface area contributed by atoms with Crippen molar-refractivity contribution in [1.82, 2.24) is 4.57 Å². The molecule has 9 aromatic rings. The van der Waals surface area contributed by atoms with Crippen molar-refractivity contribution in [1.29, 1.82) is 0 Å². The monoisotopic (exact) mass is 737 g/mol. The van der Waals surface area contributed by atoms with E-state index in [-0.39, 0.29) is 0 Å². The molecule has 1 spiro atoms. The predicted molar refractivity (Wildman–Crippen MR) is 242 cm³/mol. The molecule has 3 aliphatic rings. The van der Waals surface area contributed by atoms with Gasteiger partial charge in [-0.25, -0.2) is 0 Å². The topological polar surface area (TPSA) is 4.93 Å². The van der Waals surface area contributed by atoms with Gasteiger partial charge in [-0.3, -0.25) is 0 Å². The van der Waals surface area contributed by atoms with Crippen molar-refractivity contribution < 1.29 is 0 Å². The Labute approximate surface area is 339 Å². The molecular weight excluding hydrogens is 699 g/mol. The molecule has 0 saturated heterocycles. The highest BCUT2D eigenvalue weighted by molar-refractivity contribution is 6.14. The fraction of sp³-hybridized carbons (Fsp3) is 0.0526. The predicted octanol–water partition coefficient (Wildman–Crippen LogP) is 13.9. The molecular formula is C57H39N. The van der Waals surface area contributed by atoms with Crippen LogP contribution in [0.1, 0.15) is 57.0 Å². The van der Waals surface area contributed by atoms with Crippen LogP contribution in [0.4, 0.5) is 0 Å². The van der Waals surface area contributed by atoms with Crippen molar-refractivity contribution >= 4 is 33.0 Å². The van der Waals surface area contributed by atoms with E-state index >= 15 is 0 Å². The van der Waals surface area contributed by atoms with E-state index in [0.717, 1.165) is 11.1 Å². The number of rotatable bonds is 5. The number of fused-ring (bicyclic) bond motifs is 12. The maximum absolute atomic E-state index is 5.18. The number of nitrogens with zero attached hydrogens (tertiary/aromatic N) is 1. The van der Waals surface area contributed by atoms with Crippen LogP contribution in [0.5, 0.6) is 0 Å². The first-order valence-corrected chi connectivity index (χ1v) is 20.3. The first-order chi connectivity index (χ1) is 28.7. The summed E-state index contributed by atoms with van der Waals surface area (Å²) < 4.78 is 2.51. The van der Waals surface area contributed by atoms with E-state index in [2.05, 4.69) is 218 Å². The summed E-state index contributed by atoms with van der Waals surface area (Å²) in [5.74, 6) is 0. The molecule has 0 fully saturated rings. The molecule has 1 aromatic heterocycles. The van der Waals surface area contributed by atoms with Crippen molar-refractivity contribution in [3.05, 3.63) is 268 Å². The first kappa shape index (κ1) is 33.0. The first-order valence-electron chi connectivity index (χ1n) is 20.3. The van der Waals surface area contributed by atoms with Gasteiger partial charge < -0.3 is 4.57 Å². The molecule has 2 heterocycles. The summed E-state index contributed by atoms with van der Waals surface area (Å²) in [4.78, 5) is 0. The Bertz CT molecular complexity index is 3210. The molecule has 1 atom stereocenters. The minimum Gasteiger partial charge on any atom is -0.309 e. The van der Waals surface area contributed by atoms with Crippen LogP contribution in [0.25, 0.3) is 49.8 Å². The minimum absolute atomic E-state index is 0.508. The highest BCUT2D eigenvalue weighted by atomic mass is 15.0. The minimum atomic E-state index is -0.624. The lowest BCUT2D eigenvalue weighted by molar-refractivity contribution is 0.746. The third-order valence-corrected chi connectivity index (χ3v) is 13.4. The molecule has 0 bridgehead atoms. The summed E-state index contributed by atoms with van der Waals surface area (Å²) in [6.07, 6.45) is 4.52. The summed E-state index contributed by atoms with van der Waals surface area (Å²) >= 11 is 0. The van der Waals surface area contributed by atoms with Gasteiger partial charge in [0.1, 0.15) is 0 Å². The fourth-order valence-electron chi connectivity index (χ4n) is 11.3. The van der Waals surface area contributed by atoms with Gasteiger partial charge >= 0.3 is 0 Å². The lowest BCUT2D eigenvalue weighted by Crippen LogP contribution is -2.35. The number of hydrogen-bond donors (Lipinski definition) is 0. The molecule has 0 radical (unpaired) electrons. The van der Waals surface area contributed by atoms with E-state index in [0.29, 0.717) is 0 Å². The van der Waals surface area contributed by atoms with Gasteiger partial charge in [0, 0.05) is 10.8 Å². The second-order valence-corrected chi connectivity index (χ2v) is 15.9. The molecule has 272 valence electrons. The van der Waals surface area contributed by atoms with Gasteiger partial charge in [0.15, 0.2) is 0 Å². The van der Waals surface area contributed by atoms with E-state index in [9.17, 15) is 0 Å². The van der Waals surface area contributed by atoms with E-state index < -0.39 is 10.8 Å². The van der Waals surface area contributed by atoms with Gasteiger partial charge in [-0.1, -0.05) is 195 Å². The van der Waals surface area contributed by atoms with Gasteiger partial charge in [-0.05, 0) is 103 Å². The van der Waals surface area contributed by atoms with Crippen molar-refractivity contribution in [3.63, 3.8) is 0 Å². The normalized spacial score (nSPS) is 16.8. The number of benzene rings is 8. The quantitative estimate of drug-likeness (QED) is 0.166. The summed E-state index contributed by atoms with van der Waals surface area (Å²) in [6.45, 7) is 7.31. The van der Waals surface area contributed by atoms with Crippen molar-refractivity contribution in [3.8, 4) is 16.8 Å². The van der Waals surface area contributed by atoms with Crippen LogP contribution in [0.15, 0.2) is 218 Å². The number of hydrogen-bond acceptors (Lipinski definition) is 0. The van der Waals surface area contributed by atoms with E-state index in [4.69, 9.17) is 6.58 Å². The van der Waals surface area contributed by atoms with Gasteiger partial charge in [0.05, 0.1) is 27.6 Å². The molecule has 12 rings (SSSR count). The highest BCUT2D eigenvalue weighted by Gasteiger charge is 2.53. The standard InChI is InChI=1S/C57H39N/c1-3-19-45-42-25-11-14-29-48(42)57(49-30-15-17-33-53(49)58-52-32-16-12-26-44(52)46-27-18-31-50(57)55(46)58)54(45)37(2)38-34-35-43-41-24-10-13-28-47(41)56(51(43)36-38,39-20-6-4-7-21-39)40-22-8-5-9-23-40/h3-36H,2H2,1H3/b19-3-. The van der Waals surface area contributed by atoms with Crippen LogP contribution in [0, 0.1) is 0 Å². The van der Waals surface area contributed by atoms with Crippen LogP contribution in [0.3, 0.4) is 0 Å². The van der Waals surface area contributed by atoms with Crippen molar-refractivity contribution in [2.75, 3.05) is 0 Å². The third-order valence-electron chi connectivity index (χ3n) is 13.4. The molecule has 0 saturated carbocycles. The lowest BCUT2D eigenvalue weighted by Gasteiger charge is -2.41. The highest BCUT2D eigenvalue weighted by Crippen LogP contribution is 2.63. The largest absolute Gasteiger partial charge is 0.309 e. The molecule has 1 heteroatoms. The van der Waals surface area contributed by atoms with Crippen molar-refractivity contribution in [2.45, 2.75) is 17.8 Å². The molecule has 2 aliphatic carbocycles. The number of allylic oxidation sites excluding steroid dienone is 5. The van der Waals surface area contributed by atoms with Gasteiger partial charge in [-0.2, -0.15) is 0 Å². The van der Waals surface area contributed by atoms with E-state index in [1.165, 1.54) is 94.3 Å². The van der Waals surface area contributed by atoms with Crippen molar-refractivity contribution in [2.24, 2.45) is 0 Å². The zero-order valence-electron chi connectivity index (χ0n) is 32.3. The molecule has 1 unspecified atom stereocenters. The molecule has 0 amide bonds. The summed E-state index contributed by atoms with van der Waals surface area (Å²) in [6, 6.07) is 72.3. The number of para-hydroxylation sites is 3. The smallest absolute Gasteiger partial charge is 0.0760 e. The zero-order chi connectivity index (χ0) is 38.6. The van der Waals surface area contributed by atoms with Gasteiger partial charge in [0.2, 0.25) is 0 Å². The van der Waals surface area contributed by atoms with Gasteiger partial charge in [0.25, 0.3) is 0 Å². The van der Waals surface area contributed by atoms with Crippen LogP contribution in [-0.4, -0.2) is 4.57 Å². The Morgan fingerprint density at radius 2 is 1.05 bits per heavy atom.